The third kappa shape index (κ3) is 3.59. The van der Waals surface area contributed by atoms with Gasteiger partial charge in [-0.25, -0.2) is 4.79 Å². The molecule has 0 bridgehead atoms. The maximum atomic E-state index is 11.6. The molecule has 8 nitrogen and oxygen atoms in total. The highest BCUT2D eigenvalue weighted by molar-refractivity contribution is 5.86. The molecule has 0 aromatic heterocycles. The summed E-state index contributed by atoms with van der Waals surface area (Å²) >= 11 is 0. The average Bonchev–Trinajstić information content (AvgIpc) is 2.64. The van der Waals surface area contributed by atoms with Gasteiger partial charge >= 0.3 is 12.0 Å². The van der Waals surface area contributed by atoms with E-state index >= 15 is 0 Å². The second kappa shape index (κ2) is 5.48. The summed E-state index contributed by atoms with van der Waals surface area (Å²) < 4.78 is 4.99. The Balaban J connectivity index is 2.50. The van der Waals surface area contributed by atoms with Gasteiger partial charge in [0, 0.05) is 0 Å². The van der Waals surface area contributed by atoms with E-state index in [1.165, 1.54) is 6.92 Å². The zero-order chi connectivity index (χ0) is 13.0. The molecule has 5 N–H and O–H groups in total. The monoisotopic (exact) mass is 245 g/mol. The number of urea groups is 1. The van der Waals surface area contributed by atoms with Crippen LogP contribution in [-0.2, 0) is 14.3 Å². The normalized spacial score (nSPS) is 25.0. The molecule has 0 aromatic rings. The Hall–Kier alpha value is -1.83. The van der Waals surface area contributed by atoms with Crippen LogP contribution in [0.15, 0.2) is 0 Å². The molecule has 1 aliphatic rings. The Morgan fingerprint density at radius 2 is 2.06 bits per heavy atom. The van der Waals surface area contributed by atoms with Crippen molar-refractivity contribution >= 4 is 17.9 Å². The maximum Gasteiger partial charge on any atom is 0.312 e. The molecule has 1 heterocycles. The van der Waals surface area contributed by atoms with E-state index < -0.39 is 35.9 Å². The zero-order valence-electron chi connectivity index (χ0n) is 9.30. The van der Waals surface area contributed by atoms with E-state index in [0.717, 1.165) is 0 Å². The summed E-state index contributed by atoms with van der Waals surface area (Å²) in [6, 6.07) is -2.22. The van der Waals surface area contributed by atoms with Crippen LogP contribution in [0.25, 0.3) is 0 Å². The number of rotatable bonds is 4. The lowest BCUT2D eigenvalue weighted by molar-refractivity contribution is -0.142. The maximum absolute atomic E-state index is 11.6. The predicted octanol–water partition coefficient (Wildman–Crippen LogP) is -1.74. The second-order valence-corrected chi connectivity index (χ2v) is 3.83. The number of ether oxygens (including phenoxy) is 1. The average molecular weight is 245 g/mol. The summed E-state index contributed by atoms with van der Waals surface area (Å²) in [5.74, 6) is -2.28. The molecule has 8 heteroatoms. The fourth-order valence-electron chi connectivity index (χ4n) is 1.53. The first kappa shape index (κ1) is 13.2. The molecule has 3 amide bonds. The van der Waals surface area contributed by atoms with Gasteiger partial charge in [0.25, 0.3) is 0 Å². The Labute approximate surface area is 97.5 Å². The molecular weight excluding hydrogens is 230 g/mol. The molecule has 1 rings (SSSR count). The molecule has 1 fully saturated rings. The SMILES string of the molecule is CC(NC(N)=O)C(=O)NC1COCC1C(=O)O. The smallest absolute Gasteiger partial charge is 0.312 e. The van der Waals surface area contributed by atoms with Crippen LogP contribution in [0.1, 0.15) is 6.92 Å². The van der Waals surface area contributed by atoms with Crippen molar-refractivity contribution in [3.63, 3.8) is 0 Å². The summed E-state index contributed by atoms with van der Waals surface area (Å²) in [6.45, 7) is 1.66. The molecule has 3 unspecified atom stereocenters. The predicted molar refractivity (Wildman–Crippen MR) is 56.1 cm³/mol. The number of nitrogens with two attached hydrogens (primary N) is 1. The molecule has 96 valence electrons. The molecule has 1 aliphatic heterocycles. The fraction of sp³-hybridized carbons (Fsp3) is 0.667. The van der Waals surface area contributed by atoms with Gasteiger partial charge in [-0.15, -0.1) is 0 Å². The van der Waals surface area contributed by atoms with E-state index in [4.69, 9.17) is 15.6 Å². The first-order valence-electron chi connectivity index (χ1n) is 5.08. The standard InChI is InChI=1S/C9H15N3O5/c1-4(11-9(10)16)7(13)12-6-3-17-2-5(6)8(14)15/h4-6H,2-3H2,1H3,(H,12,13)(H,14,15)(H3,10,11,16). The highest BCUT2D eigenvalue weighted by Gasteiger charge is 2.35. The van der Waals surface area contributed by atoms with Gasteiger partial charge in [-0.1, -0.05) is 0 Å². The number of carboxylic acid groups (broad SMARTS) is 1. The molecule has 17 heavy (non-hydrogen) atoms. The number of carboxylic acids is 1. The van der Waals surface area contributed by atoms with Crippen LogP contribution >= 0.6 is 0 Å². The lowest BCUT2D eigenvalue weighted by Crippen LogP contribution is -2.51. The number of hydrogen-bond donors (Lipinski definition) is 4. The molecule has 0 saturated carbocycles. The van der Waals surface area contributed by atoms with E-state index in [9.17, 15) is 14.4 Å². The van der Waals surface area contributed by atoms with Gasteiger partial charge in [0.1, 0.15) is 12.0 Å². The van der Waals surface area contributed by atoms with Crippen molar-refractivity contribution < 1.29 is 24.2 Å². The van der Waals surface area contributed by atoms with Crippen molar-refractivity contribution in [1.82, 2.24) is 10.6 Å². The molecule has 1 saturated heterocycles. The van der Waals surface area contributed by atoms with E-state index in [0.29, 0.717) is 0 Å². The van der Waals surface area contributed by atoms with Crippen molar-refractivity contribution in [2.75, 3.05) is 13.2 Å². The number of carbonyl (C=O) groups is 3. The zero-order valence-corrected chi connectivity index (χ0v) is 9.30. The first-order chi connectivity index (χ1) is 7.91. The minimum absolute atomic E-state index is 0.0674. The van der Waals surface area contributed by atoms with Gasteiger partial charge in [0.15, 0.2) is 0 Å². The summed E-state index contributed by atoms with van der Waals surface area (Å²) in [4.78, 5) is 32.9. The molecule has 0 spiro atoms. The number of primary amides is 1. The van der Waals surface area contributed by atoms with Crippen molar-refractivity contribution in [3.8, 4) is 0 Å². The Morgan fingerprint density at radius 1 is 1.41 bits per heavy atom. The topological polar surface area (TPSA) is 131 Å². The molecule has 0 aliphatic carbocycles. The molecule has 0 aromatic carbocycles. The van der Waals surface area contributed by atoms with Gasteiger partial charge < -0.3 is 26.2 Å². The minimum Gasteiger partial charge on any atom is -0.481 e. The highest BCUT2D eigenvalue weighted by atomic mass is 16.5. The van der Waals surface area contributed by atoms with E-state index in [2.05, 4.69) is 10.6 Å². The largest absolute Gasteiger partial charge is 0.481 e. The lowest BCUT2D eigenvalue weighted by Gasteiger charge is -2.18. The van der Waals surface area contributed by atoms with Crippen LogP contribution in [0.2, 0.25) is 0 Å². The van der Waals surface area contributed by atoms with Crippen molar-refractivity contribution in [2.24, 2.45) is 11.7 Å². The van der Waals surface area contributed by atoms with E-state index in [-0.39, 0.29) is 13.2 Å². The summed E-state index contributed by atoms with van der Waals surface area (Å²) in [5, 5.41) is 13.6. The van der Waals surface area contributed by atoms with Crippen LogP contribution in [0.3, 0.4) is 0 Å². The summed E-state index contributed by atoms with van der Waals surface area (Å²) in [6.07, 6.45) is 0. The van der Waals surface area contributed by atoms with Crippen LogP contribution in [0.5, 0.6) is 0 Å². The number of aliphatic carboxylic acids is 1. The third-order valence-corrected chi connectivity index (χ3v) is 2.48. The van der Waals surface area contributed by atoms with Crippen LogP contribution < -0.4 is 16.4 Å². The lowest BCUT2D eigenvalue weighted by atomic mass is 10.0. The third-order valence-electron chi connectivity index (χ3n) is 2.48. The number of nitrogens with one attached hydrogen (secondary N) is 2. The first-order valence-corrected chi connectivity index (χ1v) is 5.08. The molecule has 0 radical (unpaired) electrons. The van der Waals surface area contributed by atoms with E-state index in [1.807, 2.05) is 0 Å². The van der Waals surface area contributed by atoms with Gasteiger partial charge in [-0.3, -0.25) is 9.59 Å². The Morgan fingerprint density at radius 3 is 2.59 bits per heavy atom. The number of amides is 3. The summed E-state index contributed by atoms with van der Waals surface area (Å²) in [7, 11) is 0. The molecular formula is C9H15N3O5. The van der Waals surface area contributed by atoms with Crippen molar-refractivity contribution in [1.29, 1.82) is 0 Å². The van der Waals surface area contributed by atoms with Crippen molar-refractivity contribution in [3.05, 3.63) is 0 Å². The number of carbonyl (C=O) groups excluding carboxylic acids is 2. The Bertz CT molecular complexity index is 333. The van der Waals surface area contributed by atoms with Gasteiger partial charge in [-0.05, 0) is 6.92 Å². The van der Waals surface area contributed by atoms with Crippen LogP contribution in [-0.4, -0.2) is 48.3 Å². The second-order valence-electron chi connectivity index (χ2n) is 3.83. The van der Waals surface area contributed by atoms with Gasteiger partial charge in [0.05, 0.1) is 19.3 Å². The fourth-order valence-corrected chi connectivity index (χ4v) is 1.53. The van der Waals surface area contributed by atoms with Crippen molar-refractivity contribution in [2.45, 2.75) is 19.0 Å². The van der Waals surface area contributed by atoms with Gasteiger partial charge in [0.2, 0.25) is 5.91 Å². The Kier molecular flexibility index (Phi) is 4.27. The van der Waals surface area contributed by atoms with Gasteiger partial charge in [-0.2, -0.15) is 0 Å². The quantitative estimate of drug-likeness (QED) is 0.467. The highest BCUT2D eigenvalue weighted by Crippen LogP contribution is 2.13. The van der Waals surface area contributed by atoms with Crippen LogP contribution in [0, 0.1) is 5.92 Å². The summed E-state index contributed by atoms with van der Waals surface area (Å²) in [5.41, 5.74) is 4.87. The van der Waals surface area contributed by atoms with Crippen LogP contribution in [0.4, 0.5) is 4.79 Å². The van der Waals surface area contributed by atoms with E-state index in [1.54, 1.807) is 0 Å². The molecule has 3 atom stereocenters. The number of hydrogen-bond acceptors (Lipinski definition) is 4. The minimum atomic E-state index is -1.02.